The van der Waals surface area contributed by atoms with Crippen molar-refractivity contribution < 1.29 is 13.9 Å². The summed E-state index contributed by atoms with van der Waals surface area (Å²) in [6, 6.07) is -0.126. The average Bonchev–Trinajstić information content (AvgIpc) is 2.97. The molecule has 1 fully saturated rings. The molecule has 10 heteroatoms. The van der Waals surface area contributed by atoms with E-state index in [1.807, 2.05) is 4.90 Å². The highest BCUT2D eigenvalue weighted by molar-refractivity contribution is 6.30. The Bertz CT molecular complexity index is 859. The van der Waals surface area contributed by atoms with E-state index in [1.54, 1.807) is 20.8 Å². The maximum atomic E-state index is 14.2. The summed E-state index contributed by atoms with van der Waals surface area (Å²) < 4.78 is 19.5. The van der Waals surface area contributed by atoms with Gasteiger partial charge >= 0.3 is 6.09 Å². The van der Waals surface area contributed by atoms with Gasteiger partial charge in [0.25, 0.3) is 0 Å². The molecular weight excluding hydrogens is 384 g/mol. The molecule has 2 aromatic heterocycles. The molecule has 0 aliphatic carbocycles. The summed E-state index contributed by atoms with van der Waals surface area (Å²) in [6.07, 6.45) is 1.63. The fourth-order valence-corrected chi connectivity index (χ4v) is 3.08. The van der Waals surface area contributed by atoms with Gasteiger partial charge in [0.2, 0.25) is 5.28 Å². The smallest absolute Gasteiger partial charge is 0.407 e. The van der Waals surface area contributed by atoms with Gasteiger partial charge in [0.15, 0.2) is 11.0 Å². The van der Waals surface area contributed by atoms with Crippen molar-refractivity contribution in [2.75, 3.05) is 18.0 Å². The van der Waals surface area contributed by atoms with Crippen LogP contribution in [0.3, 0.4) is 0 Å². The third-order valence-corrected chi connectivity index (χ3v) is 4.24. The topological polar surface area (TPSA) is 80.2 Å². The Morgan fingerprint density at radius 1 is 1.38 bits per heavy atom. The molecule has 1 amide bonds. The van der Waals surface area contributed by atoms with Gasteiger partial charge in [0.1, 0.15) is 16.9 Å². The zero-order valence-electron chi connectivity index (χ0n) is 14.5. The first-order valence-corrected chi connectivity index (χ1v) is 8.81. The normalized spacial score (nSPS) is 17.6. The summed E-state index contributed by atoms with van der Waals surface area (Å²) in [5, 5.41) is 2.88. The molecule has 7 nitrogen and oxygen atoms in total. The van der Waals surface area contributed by atoms with Gasteiger partial charge in [-0.05, 0) is 38.8 Å². The lowest BCUT2D eigenvalue weighted by Crippen LogP contribution is -2.40. The summed E-state index contributed by atoms with van der Waals surface area (Å²) in [5.74, 6) is -0.283. The van der Waals surface area contributed by atoms with Crippen LogP contribution in [0, 0.1) is 5.82 Å². The summed E-state index contributed by atoms with van der Waals surface area (Å²) in [7, 11) is 0. The fourth-order valence-electron chi connectivity index (χ4n) is 2.78. The van der Waals surface area contributed by atoms with Crippen LogP contribution in [0.5, 0.6) is 0 Å². The number of halogens is 3. The van der Waals surface area contributed by atoms with Crippen LogP contribution in [0.15, 0.2) is 6.20 Å². The number of anilines is 1. The number of rotatable bonds is 2. The number of amides is 1. The van der Waals surface area contributed by atoms with Gasteiger partial charge in [-0.2, -0.15) is 4.98 Å². The second-order valence-corrected chi connectivity index (χ2v) is 7.72. The van der Waals surface area contributed by atoms with E-state index in [-0.39, 0.29) is 22.0 Å². The van der Waals surface area contributed by atoms with E-state index in [9.17, 15) is 9.18 Å². The molecule has 0 aromatic carbocycles. The van der Waals surface area contributed by atoms with Gasteiger partial charge in [-0.3, -0.25) is 0 Å². The first-order valence-electron chi connectivity index (χ1n) is 8.06. The Hall–Kier alpha value is -1.93. The van der Waals surface area contributed by atoms with Gasteiger partial charge in [0, 0.05) is 19.3 Å². The van der Waals surface area contributed by atoms with Crippen LogP contribution in [0.1, 0.15) is 27.2 Å². The van der Waals surface area contributed by atoms with Crippen LogP contribution in [-0.4, -0.2) is 45.8 Å². The third-order valence-electron chi connectivity index (χ3n) is 3.80. The molecule has 1 aliphatic rings. The van der Waals surface area contributed by atoms with Crippen molar-refractivity contribution in [3.05, 3.63) is 22.5 Å². The number of carbonyl (C=O) groups is 1. The summed E-state index contributed by atoms with van der Waals surface area (Å²) in [4.78, 5) is 25.8. The Balaban J connectivity index is 1.81. The van der Waals surface area contributed by atoms with Crippen molar-refractivity contribution in [1.29, 1.82) is 0 Å². The van der Waals surface area contributed by atoms with E-state index in [4.69, 9.17) is 27.9 Å². The van der Waals surface area contributed by atoms with E-state index in [2.05, 4.69) is 20.3 Å². The largest absolute Gasteiger partial charge is 0.444 e. The minimum absolute atomic E-state index is 0.0172. The monoisotopic (exact) mass is 401 g/mol. The molecule has 0 spiro atoms. The molecule has 0 bridgehead atoms. The highest BCUT2D eigenvalue weighted by Gasteiger charge is 2.29. The Morgan fingerprint density at radius 2 is 2.12 bits per heavy atom. The lowest BCUT2D eigenvalue weighted by atomic mass is 10.2. The fraction of sp³-hybridized carbons (Fsp3) is 0.500. The molecule has 140 valence electrons. The van der Waals surface area contributed by atoms with Crippen LogP contribution in [0.4, 0.5) is 15.0 Å². The van der Waals surface area contributed by atoms with Crippen LogP contribution in [0.25, 0.3) is 10.9 Å². The van der Waals surface area contributed by atoms with Gasteiger partial charge in [-0.1, -0.05) is 11.6 Å². The minimum Gasteiger partial charge on any atom is -0.444 e. The Morgan fingerprint density at radius 3 is 2.81 bits per heavy atom. The molecule has 1 unspecified atom stereocenters. The molecular formula is C16H18Cl2FN5O2. The standard InChI is InChI=1S/C16H18Cl2FN5O2/c1-16(2,3)26-15(25)21-8-4-5-24(7-8)13-9-6-20-12(17)10(19)11(9)22-14(18)23-13/h6,8H,4-5,7H2,1-3H3,(H,21,25). The number of hydrogen-bond acceptors (Lipinski definition) is 6. The Labute approximate surface area is 159 Å². The highest BCUT2D eigenvalue weighted by Crippen LogP contribution is 2.30. The number of carbonyl (C=O) groups excluding carboxylic acids is 1. The summed E-state index contributed by atoms with van der Waals surface area (Å²) >= 11 is 11.7. The number of ether oxygens (including phenoxy) is 1. The van der Waals surface area contributed by atoms with Crippen molar-refractivity contribution in [3.8, 4) is 0 Å². The SMILES string of the molecule is CC(C)(C)OC(=O)NC1CCN(c2nc(Cl)nc3c(F)c(Cl)ncc23)C1. The number of aromatic nitrogens is 3. The van der Waals surface area contributed by atoms with Gasteiger partial charge in [-0.25, -0.2) is 19.2 Å². The van der Waals surface area contributed by atoms with Crippen molar-refractivity contribution in [2.24, 2.45) is 0 Å². The van der Waals surface area contributed by atoms with Crippen molar-refractivity contribution in [2.45, 2.75) is 38.8 Å². The molecule has 0 radical (unpaired) electrons. The van der Waals surface area contributed by atoms with Crippen molar-refractivity contribution in [1.82, 2.24) is 20.3 Å². The number of fused-ring (bicyclic) bond motifs is 1. The number of hydrogen-bond donors (Lipinski definition) is 1. The van der Waals surface area contributed by atoms with E-state index < -0.39 is 17.5 Å². The van der Waals surface area contributed by atoms with Crippen LogP contribution < -0.4 is 10.2 Å². The molecule has 1 saturated heterocycles. The number of alkyl carbamates (subject to hydrolysis) is 1. The summed E-state index contributed by atoms with van der Waals surface area (Å²) in [5.41, 5.74) is -0.551. The first-order chi connectivity index (χ1) is 12.1. The van der Waals surface area contributed by atoms with Gasteiger partial charge in [0.05, 0.1) is 11.4 Å². The molecule has 1 N–H and O–H groups in total. The van der Waals surface area contributed by atoms with E-state index in [0.29, 0.717) is 30.7 Å². The number of nitrogens with one attached hydrogen (secondary N) is 1. The van der Waals surface area contributed by atoms with Crippen LogP contribution in [-0.2, 0) is 4.74 Å². The zero-order valence-corrected chi connectivity index (χ0v) is 16.0. The molecule has 3 rings (SSSR count). The van der Waals surface area contributed by atoms with Crippen LogP contribution in [0.2, 0.25) is 10.4 Å². The number of nitrogens with zero attached hydrogens (tertiary/aromatic N) is 4. The van der Waals surface area contributed by atoms with Crippen LogP contribution >= 0.6 is 23.2 Å². The molecule has 1 atom stereocenters. The minimum atomic E-state index is -0.739. The Kier molecular flexibility index (Phi) is 5.07. The maximum absolute atomic E-state index is 14.2. The lowest BCUT2D eigenvalue weighted by Gasteiger charge is -2.22. The molecule has 2 aromatic rings. The zero-order chi connectivity index (χ0) is 19.1. The lowest BCUT2D eigenvalue weighted by molar-refractivity contribution is 0.0509. The second-order valence-electron chi connectivity index (χ2n) is 7.02. The quantitative estimate of drug-likeness (QED) is 0.611. The van der Waals surface area contributed by atoms with Crippen molar-refractivity contribution in [3.63, 3.8) is 0 Å². The highest BCUT2D eigenvalue weighted by atomic mass is 35.5. The van der Waals surface area contributed by atoms with Gasteiger partial charge < -0.3 is 15.0 Å². The van der Waals surface area contributed by atoms with Gasteiger partial charge in [-0.15, -0.1) is 0 Å². The average molecular weight is 402 g/mol. The number of pyridine rings is 1. The van der Waals surface area contributed by atoms with E-state index in [1.165, 1.54) is 6.20 Å². The van der Waals surface area contributed by atoms with E-state index >= 15 is 0 Å². The van der Waals surface area contributed by atoms with Crippen molar-refractivity contribution >= 4 is 46.0 Å². The summed E-state index contributed by atoms with van der Waals surface area (Å²) in [6.45, 7) is 6.48. The predicted octanol–water partition coefficient (Wildman–Crippen LogP) is 3.57. The molecule has 3 heterocycles. The molecule has 1 aliphatic heterocycles. The molecule has 26 heavy (non-hydrogen) atoms. The predicted molar refractivity (Wildman–Crippen MR) is 97.3 cm³/mol. The second kappa shape index (κ2) is 7.00. The third kappa shape index (κ3) is 4.07. The maximum Gasteiger partial charge on any atom is 0.407 e. The first kappa shape index (κ1) is 18.8. The van der Waals surface area contributed by atoms with E-state index in [0.717, 1.165) is 0 Å². The molecule has 0 saturated carbocycles.